The minimum Gasteiger partial charge on any atom is -0.359 e. The fourth-order valence-electron chi connectivity index (χ4n) is 2.97. The summed E-state index contributed by atoms with van der Waals surface area (Å²) in [5.74, 6) is 1.20. The number of hydrogen-bond acceptors (Lipinski definition) is 4. The van der Waals surface area contributed by atoms with E-state index in [4.69, 9.17) is 4.52 Å². The van der Waals surface area contributed by atoms with Crippen molar-refractivity contribution in [3.05, 3.63) is 35.5 Å². The quantitative estimate of drug-likeness (QED) is 0.911. The second-order valence-electron chi connectivity index (χ2n) is 6.12. The van der Waals surface area contributed by atoms with Crippen molar-refractivity contribution in [2.24, 2.45) is 13.0 Å². The number of aryl methyl sites for hydroxylation is 2. The zero-order valence-corrected chi connectivity index (χ0v) is 13.7. The minimum absolute atomic E-state index is 0.0341. The van der Waals surface area contributed by atoms with E-state index in [0.717, 1.165) is 38.0 Å². The van der Waals surface area contributed by atoms with E-state index in [9.17, 15) is 4.79 Å². The normalized spacial score (nSPS) is 17.7. The number of nitrogens with zero attached hydrogens (tertiary/aromatic N) is 4. The number of carbonyl (C=O) groups is 1. The molecule has 1 fully saturated rings. The van der Waals surface area contributed by atoms with Crippen LogP contribution in [0.3, 0.4) is 0 Å². The van der Waals surface area contributed by atoms with Crippen LogP contribution in [0.25, 0.3) is 0 Å². The average Bonchev–Trinajstić information content (AvgIpc) is 3.26. The molecule has 1 aliphatic heterocycles. The molecule has 0 unspecified atom stereocenters. The third-order valence-corrected chi connectivity index (χ3v) is 4.24. The second kappa shape index (κ2) is 6.85. The molecule has 1 atom stereocenters. The zero-order chi connectivity index (χ0) is 16.2. The van der Waals surface area contributed by atoms with Crippen molar-refractivity contribution >= 4 is 6.03 Å². The van der Waals surface area contributed by atoms with E-state index in [1.807, 2.05) is 42.0 Å². The second-order valence-corrected chi connectivity index (χ2v) is 6.12. The van der Waals surface area contributed by atoms with Gasteiger partial charge in [0, 0.05) is 32.4 Å². The van der Waals surface area contributed by atoms with E-state index in [0.29, 0.717) is 18.2 Å². The van der Waals surface area contributed by atoms with E-state index >= 15 is 0 Å². The van der Waals surface area contributed by atoms with Crippen LogP contribution in [0.5, 0.6) is 0 Å². The maximum Gasteiger partial charge on any atom is 0.317 e. The van der Waals surface area contributed by atoms with Crippen LogP contribution >= 0.6 is 0 Å². The molecule has 3 rings (SSSR count). The molecule has 0 radical (unpaired) electrons. The van der Waals surface area contributed by atoms with Crippen LogP contribution < -0.4 is 5.32 Å². The first-order valence-electron chi connectivity index (χ1n) is 8.08. The van der Waals surface area contributed by atoms with E-state index in [2.05, 4.69) is 15.6 Å². The number of carbonyl (C=O) groups excluding carboxylic acids is 1. The highest BCUT2D eigenvalue weighted by molar-refractivity contribution is 5.74. The molecule has 2 aromatic heterocycles. The van der Waals surface area contributed by atoms with Crippen molar-refractivity contribution in [1.82, 2.24) is 25.2 Å². The summed E-state index contributed by atoms with van der Waals surface area (Å²) in [6.07, 6.45) is 6.78. The SMILES string of the molecule is CCc1cc(CNC(=O)N2CC[C@@H](Cc3cnn(C)c3)C2)on1. The van der Waals surface area contributed by atoms with Gasteiger partial charge in [0.25, 0.3) is 0 Å². The van der Waals surface area contributed by atoms with Crippen LogP contribution in [0, 0.1) is 5.92 Å². The number of rotatable bonds is 5. The van der Waals surface area contributed by atoms with Crippen molar-refractivity contribution in [3.63, 3.8) is 0 Å². The van der Waals surface area contributed by atoms with Gasteiger partial charge >= 0.3 is 6.03 Å². The van der Waals surface area contributed by atoms with E-state index < -0.39 is 0 Å². The molecule has 0 spiro atoms. The molecule has 124 valence electrons. The topological polar surface area (TPSA) is 76.2 Å². The molecule has 0 bridgehead atoms. The van der Waals surface area contributed by atoms with Gasteiger partial charge in [-0.3, -0.25) is 4.68 Å². The largest absolute Gasteiger partial charge is 0.359 e. The molecule has 2 amide bonds. The molecule has 7 nitrogen and oxygen atoms in total. The van der Waals surface area contributed by atoms with Crippen molar-refractivity contribution < 1.29 is 9.32 Å². The lowest BCUT2D eigenvalue weighted by Gasteiger charge is -2.16. The van der Waals surface area contributed by atoms with Gasteiger partial charge in [0.05, 0.1) is 18.4 Å². The third kappa shape index (κ3) is 3.91. The van der Waals surface area contributed by atoms with Gasteiger partial charge in [-0.1, -0.05) is 12.1 Å². The Morgan fingerprint density at radius 1 is 1.52 bits per heavy atom. The summed E-state index contributed by atoms with van der Waals surface area (Å²) < 4.78 is 6.99. The maximum atomic E-state index is 12.2. The Morgan fingerprint density at radius 3 is 3.09 bits per heavy atom. The zero-order valence-electron chi connectivity index (χ0n) is 13.7. The summed E-state index contributed by atoms with van der Waals surface area (Å²) in [7, 11) is 1.92. The fourth-order valence-corrected chi connectivity index (χ4v) is 2.97. The molecule has 2 aromatic rings. The van der Waals surface area contributed by atoms with Gasteiger partial charge in [0.15, 0.2) is 5.76 Å². The Balaban J connectivity index is 1.45. The van der Waals surface area contributed by atoms with Crippen LogP contribution in [0.4, 0.5) is 4.79 Å². The standard InChI is InChI=1S/C16H23N5O2/c1-3-14-7-15(23-19-14)9-17-16(22)21-5-4-12(11-21)6-13-8-18-20(2)10-13/h7-8,10,12H,3-6,9,11H2,1-2H3,(H,17,22)/t12-/m0/s1. The molecule has 1 N–H and O–H groups in total. The lowest BCUT2D eigenvalue weighted by atomic mass is 10.0. The highest BCUT2D eigenvalue weighted by Gasteiger charge is 2.26. The van der Waals surface area contributed by atoms with Gasteiger partial charge < -0.3 is 14.7 Å². The highest BCUT2D eigenvalue weighted by Crippen LogP contribution is 2.20. The maximum absolute atomic E-state index is 12.2. The van der Waals surface area contributed by atoms with Gasteiger partial charge in [-0.05, 0) is 30.7 Å². The number of likely N-dealkylation sites (tertiary alicyclic amines) is 1. The molecule has 3 heterocycles. The highest BCUT2D eigenvalue weighted by atomic mass is 16.5. The van der Waals surface area contributed by atoms with Gasteiger partial charge in [-0.25, -0.2) is 4.79 Å². The molecule has 7 heteroatoms. The number of urea groups is 1. The lowest BCUT2D eigenvalue weighted by Crippen LogP contribution is -2.38. The summed E-state index contributed by atoms with van der Waals surface area (Å²) in [6, 6.07) is 1.85. The van der Waals surface area contributed by atoms with Gasteiger partial charge in [0.2, 0.25) is 0 Å². The van der Waals surface area contributed by atoms with Crippen LogP contribution in [-0.2, 0) is 26.4 Å². The first kappa shape index (κ1) is 15.6. The van der Waals surface area contributed by atoms with Crippen LogP contribution in [-0.4, -0.2) is 39.0 Å². The summed E-state index contributed by atoms with van der Waals surface area (Å²) >= 11 is 0. The molecule has 0 aliphatic carbocycles. The van der Waals surface area contributed by atoms with Gasteiger partial charge in [0.1, 0.15) is 0 Å². The van der Waals surface area contributed by atoms with Crippen molar-refractivity contribution in [2.75, 3.05) is 13.1 Å². The molecule has 0 saturated carbocycles. The number of hydrogen-bond donors (Lipinski definition) is 1. The minimum atomic E-state index is -0.0341. The predicted molar refractivity (Wildman–Crippen MR) is 84.7 cm³/mol. The Labute approximate surface area is 135 Å². The van der Waals surface area contributed by atoms with Crippen LogP contribution in [0.1, 0.15) is 30.4 Å². The fraction of sp³-hybridized carbons (Fsp3) is 0.562. The molecule has 23 heavy (non-hydrogen) atoms. The predicted octanol–water partition coefficient (Wildman–Crippen LogP) is 1.74. The lowest BCUT2D eigenvalue weighted by molar-refractivity contribution is 0.205. The van der Waals surface area contributed by atoms with Gasteiger partial charge in [-0.15, -0.1) is 0 Å². The summed E-state index contributed by atoms with van der Waals surface area (Å²) in [6.45, 7) is 3.99. The Hall–Kier alpha value is -2.31. The monoisotopic (exact) mass is 317 g/mol. The molecule has 0 aromatic carbocycles. The average molecular weight is 317 g/mol. The Kier molecular flexibility index (Phi) is 4.64. The molecule has 1 saturated heterocycles. The smallest absolute Gasteiger partial charge is 0.317 e. The number of nitrogens with one attached hydrogen (secondary N) is 1. The Morgan fingerprint density at radius 2 is 2.39 bits per heavy atom. The van der Waals surface area contributed by atoms with Crippen molar-refractivity contribution in [2.45, 2.75) is 32.7 Å². The van der Waals surface area contributed by atoms with E-state index in [1.54, 1.807) is 0 Å². The van der Waals surface area contributed by atoms with Gasteiger partial charge in [-0.2, -0.15) is 5.10 Å². The Bertz CT molecular complexity index is 663. The first-order valence-corrected chi connectivity index (χ1v) is 8.08. The molecule has 1 aliphatic rings. The first-order chi connectivity index (χ1) is 11.1. The van der Waals surface area contributed by atoms with Crippen molar-refractivity contribution in [3.8, 4) is 0 Å². The van der Waals surface area contributed by atoms with Crippen LogP contribution in [0.15, 0.2) is 23.0 Å². The molecular formula is C16H23N5O2. The summed E-state index contributed by atoms with van der Waals surface area (Å²) in [4.78, 5) is 14.1. The van der Waals surface area contributed by atoms with E-state index in [1.165, 1.54) is 5.56 Å². The summed E-state index contributed by atoms with van der Waals surface area (Å²) in [5.41, 5.74) is 2.14. The van der Waals surface area contributed by atoms with E-state index in [-0.39, 0.29) is 6.03 Å². The molecular weight excluding hydrogens is 294 g/mol. The van der Waals surface area contributed by atoms with Crippen molar-refractivity contribution in [1.29, 1.82) is 0 Å². The third-order valence-electron chi connectivity index (χ3n) is 4.24. The van der Waals surface area contributed by atoms with Crippen LogP contribution in [0.2, 0.25) is 0 Å². The summed E-state index contributed by atoms with van der Waals surface area (Å²) in [5, 5.41) is 11.0. The number of amides is 2. The number of aromatic nitrogens is 3.